The maximum absolute atomic E-state index is 12.9. The molecule has 2 aromatic rings. The molecule has 2 nitrogen and oxygen atoms in total. The zero-order chi connectivity index (χ0) is 13.9. The van der Waals surface area contributed by atoms with Crippen molar-refractivity contribution < 1.29 is 13.9 Å². The Bertz CT molecular complexity index is 632. The van der Waals surface area contributed by atoms with E-state index in [0.29, 0.717) is 11.1 Å². The lowest BCUT2D eigenvalue weighted by molar-refractivity contribution is 0.103. The molecular formula is C17H15FO2. The summed E-state index contributed by atoms with van der Waals surface area (Å²) >= 11 is 0. The molecule has 0 aromatic heterocycles. The topological polar surface area (TPSA) is 26.3 Å². The number of carbonyl (C=O) groups excluding carboxylic acids is 1. The molecule has 2 aromatic carbocycles. The highest BCUT2D eigenvalue weighted by molar-refractivity contribution is 6.09. The Balaban J connectivity index is 1.92. The minimum atomic E-state index is -0.336. The number of rotatable bonds is 2. The predicted molar refractivity (Wildman–Crippen MR) is 74.7 cm³/mol. The van der Waals surface area contributed by atoms with Gasteiger partial charge in [0.15, 0.2) is 5.78 Å². The molecule has 3 heteroatoms. The summed E-state index contributed by atoms with van der Waals surface area (Å²) in [4.78, 5) is 12.4. The molecule has 20 heavy (non-hydrogen) atoms. The zero-order valence-electron chi connectivity index (χ0n) is 11.1. The summed E-state index contributed by atoms with van der Waals surface area (Å²) in [6.07, 6.45) is 3.04. The first-order valence-corrected chi connectivity index (χ1v) is 6.80. The second-order valence-corrected chi connectivity index (χ2v) is 4.96. The largest absolute Gasteiger partial charge is 0.493 e. The van der Waals surface area contributed by atoms with Crippen LogP contribution < -0.4 is 4.74 Å². The molecule has 1 aliphatic rings. The molecule has 0 radical (unpaired) electrons. The second kappa shape index (κ2) is 5.45. The normalized spacial score (nSPS) is 14.1. The Morgan fingerprint density at radius 3 is 2.55 bits per heavy atom. The summed E-state index contributed by atoms with van der Waals surface area (Å²) in [5.41, 5.74) is 2.21. The first-order valence-electron chi connectivity index (χ1n) is 6.80. The first-order chi connectivity index (χ1) is 9.74. The molecule has 0 spiro atoms. The Kier molecular flexibility index (Phi) is 3.50. The minimum Gasteiger partial charge on any atom is -0.493 e. The third-order valence-corrected chi connectivity index (χ3v) is 3.53. The van der Waals surface area contributed by atoms with Crippen LogP contribution in [0, 0.1) is 5.82 Å². The van der Waals surface area contributed by atoms with Crippen LogP contribution in [-0.4, -0.2) is 12.4 Å². The van der Waals surface area contributed by atoms with Gasteiger partial charge in [0.05, 0.1) is 6.61 Å². The lowest BCUT2D eigenvalue weighted by atomic mass is 9.99. The van der Waals surface area contributed by atoms with Crippen molar-refractivity contribution in [3.8, 4) is 5.75 Å². The zero-order valence-corrected chi connectivity index (χ0v) is 11.1. The van der Waals surface area contributed by atoms with Crippen molar-refractivity contribution in [3.63, 3.8) is 0 Å². The molecule has 1 aliphatic heterocycles. The van der Waals surface area contributed by atoms with Crippen molar-refractivity contribution in [3.05, 3.63) is 65.0 Å². The van der Waals surface area contributed by atoms with E-state index >= 15 is 0 Å². The van der Waals surface area contributed by atoms with Crippen LogP contribution in [0.4, 0.5) is 4.39 Å². The average Bonchev–Trinajstić information content (AvgIpc) is 2.71. The molecule has 0 N–H and O–H groups in total. The van der Waals surface area contributed by atoms with Gasteiger partial charge in [0.25, 0.3) is 0 Å². The minimum absolute atomic E-state index is 0.0861. The molecule has 102 valence electrons. The molecule has 0 amide bonds. The van der Waals surface area contributed by atoms with E-state index in [0.717, 1.165) is 37.2 Å². The maximum atomic E-state index is 12.9. The standard InChI is InChI=1S/C17H15FO2/c18-15-7-4-12(5-8-15)17(19)14-6-9-16-13(11-14)3-1-2-10-20-16/h4-9,11H,1-3,10H2. The predicted octanol–water partition coefficient (Wildman–Crippen LogP) is 3.77. The summed E-state index contributed by atoms with van der Waals surface area (Å²) < 4.78 is 18.5. The van der Waals surface area contributed by atoms with Crippen molar-refractivity contribution in [1.29, 1.82) is 0 Å². The monoisotopic (exact) mass is 270 g/mol. The van der Waals surface area contributed by atoms with Gasteiger partial charge < -0.3 is 4.74 Å². The van der Waals surface area contributed by atoms with Gasteiger partial charge in [-0.15, -0.1) is 0 Å². The summed E-state index contributed by atoms with van der Waals surface area (Å²) in [5, 5.41) is 0. The fraction of sp³-hybridized carbons (Fsp3) is 0.235. The molecule has 0 saturated carbocycles. The fourth-order valence-electron chi connectivity index (χ4n) is 2.42. The van der Waals surface area contributed by atoms with Gasteiger partial charge in [-0.2, -0.15) is 0 Å². The van der Waals surface area contributed by atoms with Crippen molar-refractivity contribution in [2.24, 2.45) is 0 Å². The number of aryl methyl sites for hydroxylation is 1. The summed E-state index contributed by atoms with van der Waals surface area (Å²) in [5.74, 6) is 0.451. The molecule has 0 unspecified atom stereocenters. The van der Waals surface area contributed by atoms with Crippen molar-refractivity contribution in [2.75, 3.05) is 6.61 Å². The lowest BCUT2D eigenvalue weighted by Crippen LogP contribution is -2.03. The Morgan fingerprint density at radius 1 is 1.00 bits per heavy atom. The summed E-state index contributed by atoms with van der Waals surface area (Å²) in [7, 11) is 0. The van der Waals surface area contributed by atoms with Gasteiger partial charge in [0.1, 0.15) is 11.6 Å². The van der Waals surface area contributed by atoms with E-state index in [1.54, 1.807) is 6.07 Å². The summed E-state index contributed by atoms with van der Waals surface area (Å²) in [6, 6.07) is 11.2. The van der Waals surface area contributed by atoms with Crippen LogP contribution in [0.5, 0.6) is 5.75 Å². The van der Waals surface area contributed by atoms with Gasteiger partial charge in [-0.3, -0.25) is 4.79 Å². The van der Waals surface area contributed by atoms with Crippen LogP contribution >= 0.6 is 0 Å². The van der Waals surface area contributed by atoms with Crippen LogP contribution in [0.15, 0.2) is 42.5 Å². The number of ketones is 1. The third-order valence-electron chi connectivity index (χ3n) is 3.53. The van der Waals surface area contributed by atoms with Gasteiger partial charge in [-0.1, -0.05) is 0 Å². The van der Waals surface area contributed by atoms with Crippen molar-refractivity contribution >= 4 is 5.78 Å². The highest BCUT2D eigenvalue weighted by Crippen LogP contribution is 2.26. The molecule has 0 atom stereocenters. The van der Waals surface area contributed by atoms with Crippen LogP contribution in [0.1, 0.15) is 34.3 Å². The van der Waals surface area contributed by atoms with Crippen molar-refractivity contribution in [1.82, 2.24) is 0 Å². The van der Waals surface area contributed by atoms with E-state index in [2.05, 4.69) is 0 Å². The van der Waals surface area contributed by atoms with Gasteiger partial charge in [0.2, 0.25) is 0 Å². The van der Waals surface area contributed by atoms with Crippen LogP contribution in [0.25, 0.3) is 0 Å². The van der Waals surface area contributed by atoms with E-state index in [9.17, 15) is 9.18 Å². The SMILES string of the molecule is O=C(c1ccc(F)cc1)c1ccc2c(c1)CCCCO2. The number of hydrogen-bond donors (Lipinski definition) is 0. The molecule has 1 heterocycles. The number of hydrogen-bond acceptors (Lipinski definition) is 2. The smallest absolute Gasteiger partial charge is 0.193 e. The Hall–Kier alpha value is -2.16. The Morgan fingerprint density at radius 2 is 1.75 bits per heavy atom. The molecule has 0 bridgehead atoms. The first kappa shape index (κ1) is 12.9. The Labute approximate surface area is 117 Å². The molecule has 0 aliphatic carbocycles. The molecule has 0 saturated heterocycles. The highest BCUT2D eigenvalue weighted by atomic mass is 19.1. The maximum Gasteiger partial charge on any atom is 0.193 e. The van der Waals surface area contributed by atoms with Gasteiger partial charge in [-0.05, 0) is 67.3 Å². The van der Waals surface area contributed by atoms with Crippen LogP contribution in [0.3, 0.4) is 0 Å². The van der Waals surface area contributed by atoms with Gasteiger partial charge >= 0.3 is 0 Å². The fourth-order valence-corrected chi connectivity index (χ4v) is 2.42. The number of carbonyl (C=O) groups is 1. The number of benzene rings is 2. The molecule has 0 fully saturated rings. The molecule has 3 rings (SSSR count). The molecular weight excluding hydrogens is 255 g/mol. The number of halogens is 1. The average molecular weight is 270 g/mol. The van der Waals surface area contributed by atoms with Crippen LogP contribution in [0.2, 0.25) is 0 Å². The van der Waals surface area contributed by atoms with Gasteiger partial charge in [0, 0.05) is 11.1 Å². The lowest BCUT2D eigenvalue weighted by Gasteiger charge is -2.09. The number of fused-ring (bicyclic) bond motifs is 1. The van der Waals surface area contributed by atoms with Crippen molar-refractivity contribution in [2.45, 2.75) is 19.3 Å². The second-order valence-electron chi connectivity index (χ2n) is 4.96. The van der Waals surface area contributed by atoms with Crippen LogP contribution in [-0.2, 0) is 6.42 Å². The van der Waals surface area contributed by atoms with Gasteiger partial charge in [-0.25, -0.2) is 4.39 Å². The highest BCUT2D eigenvalue weighted by Gasteiger charge is 2.14. The summed E-state index contributed by atoms with van der Waals surface area (Å²) in [6.45, 7) is 0.734. The van der Waals surface area contributed by atoms with E-state index < -0.39 is 0 Å². The van der Waals surface area contributed by atoms with E-state index in [-0.39, 0.29) is 11.6 Å². The third kappa shape index (κ3) is 2.57. The van der Waals surface area contributed by atoms with E-state index in [1.165, 1.54) is 24.3 Å². The van der Waals surface area contributed by atoms with E-state index in [4.69, 9.17) is 4.74 Å². The van der Waals surface area contributed by atoms with E-state index in [1.807, 2.05) is 12.1 Å². The quantitative estimate of drug-likeness (QED) is 0.776. The number of ether oxygens (including phenoxy) is 1.